The van der Waals surface area contributed by atoms with Crippen LogP contribution in [0.3, 0.4) is 0 Å². The topological polar surface area (TPSA) is 84.5 Å². The summed E-state index contributed by atoms with van der Waals surface area (Å²) in [6, 6.07) is 6.57. The van der Waals surface area contributed by atoms with Gasteiger partial charge < -0.3 is 10.1 Å². The molecule has 0 aliphatic rings. The van der Waals surface area contributed by atoms with Gasteiger partial charge in [0.05, 0.1) is 12.9 Å². The van der Waals surface area contributed by atoms with Crippen molar-refractivity contribution < 1.29 is 17.9 Å². The van der Waals surface area contributed by atoms with Crippen molar-refractivity contribution in [3.8, 4) is 5.75 Å². The molecule has 0 aliphatic heterocycles. The molecule has 118 valence electrons. The molecule has 21 heavy (non-hydrogen) atoms. The van der Waals surface area contributed by atoms with Crippen LogP contribution in [-0.2, 0) is 10.0 Å². The summed E-state index contributed by atoms with van der Waals surface area (Å²) in [6.07, 6.45) is 0.718. The average Bonchev–Trinajstić information content (AvgIpc) is 2.46. The van der Waals surface area contributed by atoms with Gasteiger partial charge >= 0.3 is 0 Å². The van der Waals surface area contributed by atoms with Crippen molar-refractivity contribution in [3.63, 3.8) is 0 Å². The lowest BCUT2D eigenvalue weighted by Gasteiger charge is -2.12. The molecule has 0 fully saturated rings. The first kappa shape index (κ1) is 17.5. The van der Waals surface area contributed by atoms with Crippen LogP contribution in [0, 0.1) is 0 Å². The second-order valence-electron chi connectivity index (χ2n) is 4.73. The molecule has 0 heterocycles. The lowest BCUT2D eigenvalue weighted by molar-refractivity contribution is 0.0956. The van der Waals surface area contributed by atoms with E-state index in [0.717, 1.165) is 6.42 Å². The van der Waals surface area contributed by atoms with Crippen molar-refractivity contribution in [1.29, 1.82) is 0 Å². The number of sulfonamides is 1. The Hall–Kier alpha value is -1.60. The largest absolute Gasteiger partial charge is 0.497 e. The summed E-state index contributed by atoms with van der Waals surface area (Å²) in [5, 5.41) is 2.58. The van der Waals surface area contributed by atoms with Gasteiger partial charge in [0.1, 0.15) is 5.75 Å². The number of amides is 1. The molecule has 7 heteroatoms. The smallest absolute Gasteiger partial charge is 0.251 e. The first-order valence-electron chi connectivity index (χ1n) is 6.80. The molecule has 0 radical (unpaired) electrons. The number of benzene rings is 1. The number of nitrogens with one attached hydrogen (secondary N) is 2. The summed E-state index contributed by atoms with van der Waals surface area (Å²) in [5.74, 6) is 0.105. The van der Waals surface area contributed by atoms with Crippen LogP contribution in [0.4, 0.5) is 0 Å². The molecular weight excluding hydrogens is 292 g/mol. The molecule has 0 unspecified atom stereocenters. The zero-order chi connectivity index (χ0) is 15.9. The predicted molar refractivity (Wildman–Crippen MR) is 82.0 cm³/mol. The Labute approximate surface area is 125 Å². The lowest BCUT2D eigenvalue weighted by atomic mass is 10.2. The van der Waals surface area contributed by atoms with E-state index < -0.39 is 10.0 Å². The summed E-state index contributed by atoms with van der Waals surface area (Å²) >= 11 is 0. The summed E-state index contributed by atoms with van der Waals surface area (Å²) in [5.41, 5.74) is 0.432. The first-order chi connectivity index (χ1) is 9.88. The van der Waals surface area contributed by atoms with Crippen molar-refractivity contribution in [1.82, 2.24) is 10.0 Å². The van der Waals surface area contributed by atoms with E-state index in [1.807, 2.05) is 6.92 Å². The van der Waals surface area contributed by atoms with Crippen LogP contribution in [0.1, 0.15) is 30.6 Å². The SMILES string of the molecule is CC[C@H](C)NS(=O)(=O)CCNC(=O)c1cccc(OC)c1. The average molecular weight is 314 g/mol. The highest BCUT2D eigenvalue weighted by Crippen LogP contribution is 2.12. The van der Waals surface area contributed by atoms with Crippen molar-refractivity contribution in [2.24, 2.45) is 0 Å². The number of carbonyl (C=O) groups is 1. The lowest BCUT2D eigenvalue weighted by Crippen LogP contribution is -2.38. The van der Waals surface area contributed by atoms with Crippen molar-refractivity contribution >= 4 is 15.9 Å². The van der Waals surface area contributed by atoms with Gasteiger partial charge in [0, 0.05) is 18.2 Å². The fourth-order valence-corrected chi connectivity index (χ4v) is 2.88. The Kier molecular flexibility index (Phi) is 6.64. The number of hydrogen-bond acceptors (Lipinski definition) is 4. The molecule has 1 amide bonds. The molecule has 1 aromatic carbocycles. The van der Waals surface area contributed by atoms with Gasteiger partial charge in [-0.25, -0.2) is 13.1 Å². The Balaban J connectivity index is 2.50. The molecule has 0 saturated heterocycles. The van der Waals surface area contributed by atoms with Crippen molar-refractivity contribution in [3.05, 3.63) is 29.8 Å². The highest BCUT2D eigenvalue weighted by atomic mass is 32.2. The fourth-order valence-electron chi connectivity index (χ4n) is 1.61. The first-order valence-corrected chi connectivity index (χ1v) is 8.45. The summed E-state index contributed by atoms with van der Waals surface area (Å²) in [6.45, 7) is 3.76. The zero-order valence-corrected chi connectivity index (χ0v) is 13.4. The van der Waals surface area contributed by atoms with E-state index in [0.29, 0.717) is 11.3 Å². The minimum Gasteiger partial charge on any atom is -0.497 e. The quantitative estimate of drug-likeness (QED) is 0.753. The highest BCUT2D eigenvalue weighted by molar-refractivity contribution is 7.89. The van der Waals surface area contributed by atoms with E-state index in [1.54, 1.807) is 31.2 Å². The molecule has 2 N–H and O–H groups in total. The Morgan fingerprint density at radius 2 is 2.10 bits per heavy atom. The third kappa shape index (κ3) is 6.14. The second kappa shape index (κ2) is 7.99. The van der Waals surface area contributed by atoms with Gasteiger partial charge in [0.25, 0.3) is 5.91 Å². The van der Waals surface area contributed by atoms with Gasteiger partial charge in [0.2, 0.25) is 10.0 Å². The van der Waals surface area contributed by atoms with E-state index in [1.165, 1.54) is 7.11 Å². The molecule has 1 atom stereocenters. The maximum absolute atomic E-state index is 11.9. The van der Waals surface area contributed by atoms with Gasteiger partial charge in [-0.05, 0) is 31.5 Å². The van der Waals surface area contributed by atoms with E-state index in [4.69, 9.17) is 4.74 Å². The maximum Gasteiger partial charge on any atom is 0.251 e. The number of hydrogen-bond donors (Lipinski definition) is 2. The summed E-state index contributed by atoms with van der Waals surface area (Å²) < 4.78 is 31.0. The van der Waals surface area contributed by atoms with Crippen LogP contribution in [-0.4, -0.2) is 39.8 Å². The van der Waals surface area contributed by atoms with Gasteiger partial charge in [0.15, 0.2) is 0 Å². The Bertz CT molecular complexity index is 572. The fraction of sp³-hybridized carbons (Fsp3) is 0.500. The van der Waals surface area contributed by atoms with Crippen LogP contribution >= 0.6 is 0 Å². The molecule has 0 aromatic heterocycles. The Morgan fingerprint density at radius 3 is 2.71 bits per heavy atom. The summed E-state index contributed by atoms with van der Waals surface area (Å²) in [7, 11) is -1.86. The molecule has 1 aromatic rings. The number of carbonyl (C=O) groups excluding carboxylic acids is 1. The summed E-state index contributed by atoms with van der Waals surface area (Å²) in [4.78, 5) is 11.9. The highest BCUT2D eigenvalue weighted by Gasteiger charge is 2.14. The van der Waals surface area contributed by atoms with Gasteiger partial charge in [-0.2, -0.15) is 0 Å². The minimum absolute atomic E-state index is 0.0574. The predicted octanol–water partition coefficient (Wildman–Crippen LogP) is 1.14. The molecular formula is C14H22N2O4S. The van der Waals surface area contributed by atoms with Crippen LogP contribution in [0.15, 0.2) is 24.3 Å². The third-order valence-corrected chi connectivity index (χ3v) is 4.48. The van der Waals surface area contributed by atoms with E-state index in [-0.39, 0.29) is 24.2 Å². The molecule has 6 nitrogen and oxygen atoms in total. The van der Waals surface area contributed by atoms with Gasteiger partial charge in [-0.1, -0.05) is 13.0 Å². The number of ether oxygens (including phenoxy) is 1. The molecule has 0 bridgehead atoms. The molecule has 1 rings (SSSR count). The van der Waals surface area contributed by atoms with Crippen LogP contribution in [0.5, 0.6) is 5.75 Å². The van der Waals surface area contributed by atoms with Crippen LogP contribution < -0.4 is 14.8 Å². The van der Waals surface area contributed by atoms with E-state index in [2.05, 4.69) is 10.0 Å². The van der Waals surface area contributed by atoms with Gasteiger partial charge in [-0.15, -0.1) is 0 Å². The maximum atomic E-state index is 11.9. The monoisotopic (exact) mass is 314 g/mol. The van der Waals surface area contributed by atoms with Crippen LogP contribution in [0.2, 0.25) is 0 Å². The second-order valence-corrected chi connectivity index (χ2v) is 6.61. The molecule has 0 aliphatic carbocycles. The zero-order valence-electron chi connectivity index (χ0n) is 12.5. The standard InChI is InChI=1S/C14H22N2O4S/c1-4-11(2)16-21(18,19)9-8-15-14(17)12-6-5-7-13(10-12)20-3/h5-7,10-11,16H,4,8-9H2,1-3H3,(H,15,17)/t11-/m0/s1. The molecule has 0 saturated carbocycles. The minimum atomic E-state index is -3.37. The normalized spacial score (nSPS) is 12.7. The van der Waals surface area contributed by atoms with Crippen molar-refractivity contribution in [2.75, 3.05) is 19.4 Å². The van der Waals surface area contributed by atoms with Gasteiger partial charge in [-0.3, -0.25) is 4.79 Å². The number of methoxy groups -OCH3 is 1. The number of rotatable bonds is 8. The molecule has 0 spiro atoms. The third-order valence-electron chi connectivity index (χ3n) is 2.98. The van der Waals surface area contributed by atoms with E-state index in [9.17, 15) is 13.2 Å². The Morgan fingerprint density at radius 1 is 1.38 bits per heavy atom. The van der Waals surface area contributed by atoms with Crippen molar-refractivity contribution in [2.45, 2.75) is 26.3 Å². The van der Waals surface area contributed by atoms with Crippen LogP contribution in [0.25, 0.3) is 0 Å². The van der Waals surface area contributed by atoms with E-state index >= 15 is 0 Å².